The maximum atomic E-state index is 13.2. The lowest BCUT2D eigenvalue weighted by atomic mass is 10.0. The number of aromatic amines is 2. The highest BCUT2D eigenvalue weighted by Crippen LogP contribution is 2.27. The Morgan fingerprint density at radius 2 is 1.78 bits per heavy atom. The van der Waals surface area contributed by atoms with E-state index in [9.17, 15) is 4.79 Å². The Morgan fingerprint density at radius 1 is 1.00 bits per heavy atom. The average Bonchev–Trinajstić information content (AvgIpc) is 3.42. The van der Waals surface area contributed by atoms with Crippen LogP contribution in [-0.2, 0) is 0 Å². The third-order valence-electron chi connectivity index (χ3n) is 5.49. The van der Waals surface area contributed by atoms with Gasteiger partial charge in [-0.15, -0.1) is 0 Å². The van der Waals surface area contributed by atoms with Gasteiger partial charge >= 0.3 is 0 Å². The van der Waals surface area contributed by atoms with Gasteiger partial charge in [0.05, 0.1) is 22.6 Å². The van der Waals surface area contributed by atoms with Crippen LogP contribution < -0.4 is 5.32 Å². The van der Waals surface area contributed by atoms with Gasteiger partial charge in [0, 0.05) is 17.5 Å². The van der Waals surface area contributed by atoms with Crippen molar-refractivity contribution in [3.05, 3.63) is 83.9 Å². The maximum Gasteiger partial charge on any atom is 0.251 e. The minimum absolute atomic E-state index is 0.117. The predicted octanol–water partition coefficient (Wildman–Crippen LogP) is 4.14. The molecule has 5 rings (SSSR count). The fraction of sp³-hybridized carbons (Fsp3) is 0.160. The Kier molecular flexibility index (Phi) is 5.17. The molecule has 0 saturated heterocycles. The van der Waals surface area contributed by atoms with E-state index >= 15 is 0 Å². The number of imidazole rings is 1. The molecule has 2 aromatic heterocycles. The topological polar surface area (TPSA) is 89.7 Å². The lowest BCUT2D eigenvalue weighted by molar-refractivity contribution is 0.0930. The standard InChI is InChI=1S/C25H24N6O/c1-31(2)15-22(16-8-4-3-5-9-16)28-25(32)17-12-13-19-18(14-17)23(30-29-19)24-26-20-10-6-7-11-21(20)27-24/h3-14,22H,15H2,1-2H3,(H,26,27)(H,28,32)(H,29,30)/t22-/m1/s1. The number of hydrogen-bond acceptors (Lipinski definition) is 4. The van der Waals surface area contributed by atoms with Crippen LogP contribution in [0.15, 0.2) is 72.8 Å². The van der Waals surface area contributed by atoms with E-state index in [0.717, 1.165) is 27.5 Å². The number of nitrogens with one attached hydrogen (secondary N) is 3. The molecular formula is C25H24N6O. The number of fused-ring (bicyclic) bond motifs is 2. The molecule has 0 spiro atoms. The molecule has 0 bridgehead atoms. The average molecular weight is 425 g/mol. The van der Waals surface area contributed by atoms with E-state index in [0.29, 0.717) is 23.6 Å². The summed E-state index contributed by atoms with van der Waals surface area (Å²) in [6, 6.07) is 23.3. The number of hydrogen-bond donors (Lipinski definition) is 3. The zero-order valence-corrected chi connectivity index (χ0v) is 18.0. The Labute approximate surface area is 185 Å². The second-order valence-corrected chi connectivity index (χ2v) is 8.13. The molecule has 7 heteroatoms. The van der Waals surface area contributed by atoms with Gasteiger partial charge in [0.2, 0.25) is 0 Å². The molecule has 32 heavy (non-hydrogen) atoms. The zero-order valence-electron chi connectivity index (χ0n) is 18.0. The van der Waals surface area contributed by atoms with Gasteiger partial charge < -0.3 is 15.2 Å². The molecule has 0 fully saturated rings. The van der Waals surface area contributed by atoms with Crippen molar-refractivity contribution in [2.45, 2.75) is 6.04 Å². The second kappa shape index (κ2) is 8.28. The van der Waals surface area contributed by atoms with Crippen molar-refractivity contribution in [1.29, 1.82) is 0 Å². The quantitative estimate of drug-likeness (QED) is 0.382. The summed E-state index contributed by atoms with van der Waals surface area (Å²) in [5, 5.41) is 11.5. The van der Waals surface area contributed by atoms with Crippen LogP contribution in [0.5, 0.6) is 0 Å². The van der Waals surface area contributed by atoms with Gasteiger partial charge in [-0.2, -0.15) is 5.10 Å². The number of amides is 1. The van der Waals surface area contributed by atoms with Gasteiger partial charge in [0.1, 0.15) is 5.69 Å². The fourth-order valence-corrected chi connectivity index (χ4v) is 3.93. The Morgan fingerprint density at radius 3 is 2.56 bits per heavy atom. The molecule has 0 saturated carbocycles. The molecule has 5 aromatic rings. The molecular weight excluding hydrogens is 400 g/mol. The highest BCUT2D eigenvalue weighted by Gasteiger charge is 2.19. The van der Waals surface area contributed by atoms with Crippen molar-refractivity contribution >= 4 is 27.8 Å². The van der Waals surface area contributed by atoms with Crippen LogP contribution >= 0.6 is 0 Å². The SMILES string of the molecule is CN(C)C[C@@H](NC(=O)c1ccc2[nH]nc(-c3nc4ccccc4[nH]3)c2c1)c1ccccc1. The van der Waals surface area contributed by atoms with Gasteiger partial charge in [-0.05, 0) is 50.0 Å². The number of rotatable bonds is 6. The largest absolute Gasteiger partial charge is 0.344 e. The molecule has 0 aliphatic heterocycles. The van der Waals surface area contributed by atoms with Crippen LogP contribution in [0, 0.1) is 0 Å². The highest BCUT2D eigenvalue weighted by atomic mass is 16.1. The lowest BCUT2D eigenvalue weighted by Gasteiger charge is -2.23. The summed E-state index contributed by atoms with van der Waals surface area (Å²) in [6.07, 6.45) is 0. The number of aromatic nitrogens is 4. The van der Waals surface area contributed by atoms with E-state index in [1.54, 1.807) is 0 Å². The summed E-state index contributed by atoms with van der Waals surface area (Å²) in [4.78, 5) is 23.2. The van der Waals surface area contributed by atoms with Crippen LogP contribution in [0.2, 0.25) is 0 Å². The third kappa shape index (κ3) is 3.86. The van der Waals surface area contributed by atoms with E-state index in [-0.39, 0.29) is 11.9 Å². The second-order valence-electron chi connectivity index (χ2n) is 8.13. The molecule has 1 amide bonds. The minimum atomic E-state index is -0.126. The highest BCUT2D eigenvalue weighted by molar-refractivity contribution is 6.01. The van der Waals surface area contributed by atoms with Crippen LogP contribution in [-0.4, -0.2) is 51.6 Å². The molecule has 3 N–H and O–H groups in total. The minimum Gasteiger partial charge on any atom is -0.344 e. The lowest BCUT2D eigenvalue weighted by Crippen LogP contribution is -2.35. The molecule has 3 aromatic carbocycles. The smallest absolute Gasteiger partial charge is 0.251 e. The van der Waals surface area contributed by atoms with Gasteiger partial charge in [0.25, 0.3) is 5.91 Å². The van der Waals surface area contributed by atoms with Gasteiger partial charge in [-0.1, -0.05) is 42.5 Å². The van der Waals surface area contributed by atoms with Crippen molar-refractivity contribution in [1.82, 2.24) is 30.4 Å². The van der Waals surface area contributed by atoms with Crippen molar-refractivity contribution < 1.29 is 4.79 Å². The van der Waals surface area contributed by atoms with Crippen LogP contribution in [0.4, 0.5) is 0 Å². The van der Waals surface area contributed by atoms with E-state index in [1.807, 2.05) is 86.9 Å². The van der Waals surface area contributed by atoms with Crippen molar-refractivity contribution in [3.63, 3.8) is 0 Å². The number of carbonyl (C=O) groups is 1. The first-order valence-corrected chi connectivity index (χ1v) is 10.5. The monoisotopic (exact) mass is 424 g/mol. The Bertz CT molecular complexity index is 1350. The number of carbonyl (C=O) groups excluding carboxylic acids is 1. The summed E-state index contributed by atoms with van der Waals surface area (Å²) in [5.41, 5.74) is 5.02. The number of H-pyrrole nitrogens is 2. The molecule has 0 unspecified atom stereocenters. The maximum absolute atomic E-state index is 13.2. The first-order chi connectivity index (χ1) is 15.6. The fourth-order valence-electron chi connectivity index (χ4n) is 3.93. The molecule has 2 heterocycles. The van der Waals surface area contributed by atoms with Crippen molar-refractivity contribution in [3.8, 4) is 11.5 Å². The van der Waals surface area contributed by atoms with E-state index in [4.69, 9.17) is 0 Å². The summed E-state index contributed by atoms with van der Waals surface area (Å²) in [5.74, 6) is 0.545. The third-order valence-corrected chi connectivity index (χ3v) is 5.49. The Balaban J connectivity index is 1.47. The molecule has 0 aliphatic rings. The number of benzene rings is 3. The van der Waals surface area contributed by atoms with Crippen molar-refractivity contribution in [2.75, 3.05) is 20.6 Å². The van der Waals surface area contributed by atoms with E-state index in [1.165, 1.54) is 0 Å². The van der Waals surface area contributed by atoms with Crippen molar-refractivity contribution in [2.24, 2.45) is 0 Å². The van der Waals surface area contributed by atoms with Crippen LogP contribution in [0.1, 0.15) is 22.0 Å². The molecule has 0 radical (unpaired) electrons. The molecule has 160 valence electrons. The summed E-state index contributed by atoms with van der Waals surface area (Å²) in [6.45, 7) is 0.702. The summed E-state index contributed by atoms with van der Waals surface area (Å²) < 4.78 is 0. The van der Waals surface area contributed by atoms with Gasteiger partial charge in [-0.25, -0.2) is 4.98 Å². The first kappa shape index (κ1) is 20.0. The Hall–Kier alpha value is -3.97. The molecule has 7 nitrogen and oxygen atoms in total. The first-order valence-electron chi connectivity index (χ1n) is 10.5. The number of likely N-dealkylation sites (N-methyl/N-ethyl adjacent to an activating group) is 1. The zero-order chi connectivity index (χ0) is 22.1. The van der Waals surface area contributed by atoms with Crippen LogP contribution in [0.25, 0.3) is 33.5 Å². The van der Waals surface area contributed by atoms with E-state index < -0.39 is 0 Å². The molecule has 0 aliphatic carbocycles. The van der Waals surface area contributed by atoms with Crippen LogP contribution in [0.3, 0.4) is 0 Å². The normalized spacial score (nSPS) is 12.5. The number of para-hydroxylation sites is 2. The van der Waals surface area contributed by atoms with Gasteiger partial charge in [0.15, 0.2) is 5.82 Å². The number of nitrogens with zero attached hydrogens (tertiary/aromatic N) is 3. The van der Waals surface area contributed by atoms with Gasteiger partial charge in [-0.3, -0.25) is 9.89 Å². The predicted molar refractivity (Wildman–Crippen MR) is 126 cm³/mol. The summed E-state index contributed by atoms with van der Waals surface area (Å²) in [7, 11) is 4.00. The van der Waals surface area contributed by atoms with E-state index in [2.05, 4.69) is 30.4 Å². The summed E-state index contributed by atoms with van der Waals surface area (Å²) >= 11 is 0. The molecule has 1 atom stereocenters.